The van der Waals surface area contributed by atoms with E-state index in [-0.39, 0.29) is 29.2 Å². The number of nitro groups is 1. The molecule has 0 radical (unpaired) electrons. The van der Waals surface area contributed by atoms with Gasteiger partial charge in [0.1, 0.15) is 0 Å². The molecule has 0 saturated heterocycles. The first-order valence-electron chi connectivity index (χ1n) is 9.99. The van der Waals surface area contributed by atoms with Gasteiger partial charge in [0, 0.05) is 31.1 Å². The smallest absolute Gasteiger partial charge is 0.335 e. The molecule has 1 aliphatic heterocycles. The molecule has 3 rings (SSSR count). The summed E-state index contributed by atoms with van der Waals surface area (Å²) in [6.45, 7) is 2.88. The fraction of sp³-hybridized carbons (Fsp3) is 0.304. The zero-order valence-electron chi connectivity index (χ0n) is 16.8. The zero-order chi connectivity index (χ0) is 21.7. The van der Waals surface area contributed by atoms with E-state index < -0.39 is 10.9 Å². The molecule has 0 aliphatic carbocycles. The van der Waals surface area contributed by atoms with Crippen LogP contribution in [0.2, 0.25) is 0 Å². The van der Waals surface area contributed by atoms with Crippen LogP contribution in [0.15, 0.2) is 48.2 Å². The first-order valence-corrected chi connectivity index (χ1v) is 9.99. The van der Waals surface area contributed by atoms with Crippen LogP contribution in [0.4, 0.5) is 0 Å². The molecule has 7 nitrogen and oxygen atoms in total. The predicted molar refractivity (Wildman–Crippen MR) is 113 cm³/mol. The maximum Gasteiger partial charge on any atom is 0.335 e. The summed E-state index contributed by atoms with van der Waals surface area (Å²) in [5.41, 5.74) is 2.77. The Hall–Kier alpha value is -3.48. The molecule has 30 heavy (non-hydrogen) atoms. The molecule has 2 aromatic rings. The quantitative estimate of drug-likeness (QED) is 0.541. The Bertz CT molecular complexity index is 1010. The van der Waals surface area contributed by atoms with Crippen LogP contribution in [0.5, 0.6) is 0 Å². The Labute approximate surface area is 174 Å². The van der Waals surface area contributed by atoms with E-state index in [1.165, 1.54) is 29.8 Å². The number of benzene rings is 2. The van der Waals surface area contributed by atoms with Gasteiger partial charge in [0.05, 0.1) is 10.5 Å². The third kappa shape index (κ3) is 4.74. The van der Waals surface area contributed by atoms with Crippen molar-refractivity contribution in [1.29, 1.82) is 0 Å². The SMILES string of the molecule is CCCCC(=Cc1ccc(C(=O)O)cc1C(=O)N1CCc2ccccc2C1)[N+](=O)[O-]. The molecular formula is C23H24N2O5. The highest BCUT2D eigenvalue weighted by Gasteiger charge is 2.25. The Kier molecular flexibility index (Phi) is 6.61. The Morgan fingerprint density at radius 2 is 1.93 bits per heavy atom. The zero-order valence-corrected chi connectivity index (χ0v) is 16.8. The van der Waals surface area contributed by atoms with Crippen molar-refractivity contribution in [3.63, 3.8) is 0 Å². The molecule has 0 atom stereocenters. The topological polar surface area (TPSA) is 101 Å². The van der Waals surface area contributed by atoms with Crippen LogP contribution in [-0.4, -0.2) is 33.4 Å². The molecule has 0 unspecified atom stereocenters. The van der Waals surface area contributed by atoms with Gasteiger partial charge in [-0.1, -0.05) is 43.7 Å². The van der Waals surface area contributed by atoms with E-state index in [4.69, 9.17) is 0 Å². The summed E-state index contributed by atoms with van der Waals surface area (Å²) in [6, 6.07) is 12.0. The molecule has 1 amide bonds. The third-order valence-corrected chi connectivity index (χ3v) is 5.29. The fourth-order valence-corrected chi connectivity index (χ4v) is 3.59. The average Bonchev–Trinajstić information content (AvgIpc) is 2.75. The number of carbonyl (C=O) groups excluding carboxylic acids is 1. The molecule has 1 heterocycles. The second-order valence-electron chi connectivity index (χ2n) is 7.35. The van der Waals surface area contributed by atoms with Gasteiger partial charge in [-0.15, -0.1) is 0 Å². The molecule has 0 bridgehead atoms. The number of allylic oxidation sites excluding steroid dienone is 1. The van der Waals surface area contributed by atoms with Gasteiger partial charge in [0.15, 0.2) is 0 Å². The van der Waals surface area contributed by atoms with Crippen LogP contribution in [0.25, 0.3) is 6.08 Å². The Morgan fingerprint density at radius 3 is 2.60 bits per heavy atom. The summed E-state index contributed by atoms with van der Waals surface area (Å²) < 4.78 is 0. The van der Waals surface area contributed by atoms with Gasteiger partial charge < -0.3 is 10.0 Å². The lowest BCUT2D eigenvalue weighted by atomic mass is 9.97. The van der Waals surface area contributed by atoms with Crippen molar-refractivity contribution in [3.8, 4) is 0 Å². The van der Waals surface area contributed by atoms with Crippen molar-refractivity contribution in [2.45, 2.75) is 39.2 Å². The molecule has 0 fully saturated rings. The number of fused-ring (bicyclic) bond motifs is 1. The minimum atomic E-state index is -1.15. The number of nitrogens with zero attached hydrogens (tertiary/aromatic N) is 2. The minimum absolute atomic E-state index is 0.0120. The van der Waals surface area contributed by atoms with E-state index in [1.54, 1.807) is 4.90 Å². The summed E-state index contributed by atoms with van der Waals surface area (Å²) in [6.07, 6.45) is 3.86. The van der Waals surface area contributed by atoms with Crippen molar-refractivity contribution in [3.05, 3.63) is 86.1 Å². The number of amides is 1. The summed E-state index contributed by atoms with van der Waals surface area (Å²) in [5, 5.41) is 20.8. The lowest BCUT2D eigenvalue weighted by Crippen LogP contribution is -2.36. The second kappa shape index (κ2) is 9.35. The average molecular weight is 408 g/mol. The largest absolute Gasteiger partial charge is 0.478 e. The lowest BCUT2D eigenvalue weighted by Gasteiger charge is -2.29. The van der Waals surface area contributed by atoms with Crippen LogP contribution in [0, 0.1) is 10.1 Å². The number of carbonyl (C=O) groups is 2. The number of aromatic carboxylic acids is 1. The van der Waals surface area contributed by atoms with Gasteiger partial charge in [0.25, 0.3) is 5.91 Å². The number of hydrogen-bond donors (Lipinski definition) is 1. The van der Waals surface area contributed by atoms with Crippen LogP contribution in [-0.2, 0) is 13.0 Å². The fourth-order valence-electron chi connectivity index (χ4n) is 3.59. The molecule has 1 aliphatic rings. The van der Waals surface area contributed by atoms with E-state index in [9.17, 15) is 24.8 Å². The van der Waals surface area contributed by atoms with Gasteiger partial charge in [-0.25, -0.2) is 4.79 Å². The highest BCUT2D eigenvalue weighted by atomic mass is 16.6. The first kappa shape index (κ1) is 21.2. The molecule has 1 N–H and O–H groups in total. The van der Waals surface area contributed by atoms with E-state index in [0.29, 0.717) is 31.5 Å². The number of carboxylic acids is 1. The monoisotopic (exact) mass is 408 g/mol. The molecule has 0 spiro atoms. The normalized spacial score (nSPS) is 13.6. The lowest BCUT2D eigenvalue weighted by molar-refractivity contribution is -0.426. The van der Waals surface area contributed by atoms with Crippen molar-refractivity contribution < 1.29 is 19.6 Å². The van der Waals surface area contributed by atoms with Crippen molar-refractivity contribution >= 4 is 18.0 Å². The molecule has 0 aromatic heterocycles. The number of unbranched alkanes of at least 4 members (excludes halogenated alkanes) is 1. The summed E-state index contributed by atoms with van der Waals surface area (Å²) >= 11 is 0. The molecule has 0 saturated carbocycles. The molecule has 2 aromatic carbocycles. The van der Waals surface area contributed by atoms with Crippen LogP contribution in [0.3, 0.4) is 0 Å². The van der Waals surface area contributed by atoms with Crippen LogP contribution in [0.1, 0.15) is 63.6 Å². The molecular weight excluding hydrogens is 384 g/mol. The predicted octanol–water partition coefficient (Wildman–Crippen LogP) is 4.39. The Morgan fingerprint density at radius 1 is 1.20 bits per heavy atom. The van der Waals surface area contributed by atoms with Gasteiger partial charge in [-0.05, 0) is 41.7 Å². The van der Waals surface area contributed by atoms with Gasteiger partial charge in [0.2, 0.25) is 5.70 Å². The van der Waals surface area contributed by atoms with Crippen molar-refractivity contribution in [1.82, 2.24) is 4.90 Å². The van der Waals surface area contributed by atoms with Crippen LogP contribution < -0.4 is 0 Å². The highest BCUT2D eigenvalue weighted by molar-refractivity contribution is 6.00. The molecule has 7 heteroatoms. The van der Waals surface area contributed by atoms with Gasteiger partial charge >= 0.3 is 5.97 Å². The Balaban J connectivity index is 1.99. The van der Waals surface area contributed by atoms with Gasteiger partial charge in [-0.3, -0.25) is 14.9 Å². The standard InChI is InChI=1S/C23H24N2O5/c1-2-3-8-20(25(29)30)13-17-9-10-18(23(27)28)14-21(17)22(26)24-12-11-16-6-4-5-7-19(16)15-24/h4-7,9-10,13-14H,2-3,8,11-12,15H2,1H3,(H,27,28). The third-order valence-electron chi connectivity index (χ3n) is 5.29. The minimum Gasteiger partial charge on any atom is -0.478 e. The molecule has 156 valence electrons. The highest BCUT2D eigenvalue weighted by Crippen LogP contribution is 2.24. The summed E-state index contributed by atoms with van der Waals surface area (Å²) in [7, 11) is 0. The summed E-state index contributed by atoms with van der Waals surface area (Å²) in [5.74, 6) is -1.47. The number of carboxylic acid groups (broad SMARTS) is 1. The van der Waals surface area contributed by atoms with E-state index >= 15 is 0 Å². The maximum absolute atomic E-state index is 13.3. The van der Waals surface area contributed by atoms with E-state index in [0.717, 1.165) is 12.0 Å². The first-order chi connectivity index (χ1) is 14.4. The number of hydrogen-bond acceptors (Lipinski definition) is 4. The van der Waals surface area contributed by atoms with Gasteiger partial charge in [-0.2, -0.15) is 0 Å². The van der Waals surface area contributed by atoms with E-state index in [1.807, 2.05) is 31.2 Å². The summed E-state index contributed by atoms with van der Waals surface area (Å²) in [4.78, 5) is 37.4. The maximum atomic E-state index is 13.3. The van der Waals surface area contributed by atoms with Crippen LogP contribution >= 0.6 is 0 Å². The van der Waals surface area contributed by atoms with E-state index in [2.05, 4.69) is 0 Å². The van der Waals surface area contributed by atoms with Crippen molar-refractivity contribution in [2.75, 3.05) is 6.54 Å². The van der Waals surface area contributed by atoms with Crippen molar-refractivity contribution in [2.24, 2.45) is 0 Å². The second-order valence-corrected chi connectivity index (χ2v) is 7.35. The number of rotatable bonds is 7.